The van der Waals surface area contributed by atoms with E-state index in [0.717, 1.165) is 25.9 Å². The van der Waals surface area contributed by atoms with Gasteiger partial charge in [0.25, 0.3) is 5.91 Å². The maximum absolute atomic E-state index is 12.1. The molecule has 0 radical (unpaired) electrons. The number of likely N-dealkylation sites (tertiary alicyclic amines) is 1. The highest BCUT2D eigenvalue weighted by atomic mass is 79.9. The van der Waals surface area contributed by atoms with Crippen molar-refractivity contribution in [3.63, 3.8) is 0 Å². The summed E-state index contributed by atoms with van der Waals surface area (Å²) in [7, 11) is 0. The van der Waals surface area contributed by atoms with Gasteiger partial charge in [-0.2, -0.15) is 0 Å². The van der Waals surface area contributed by atoms with Crippen molar-refractivity contribution in [1.82, 2.24) is 4.90 Å². The Morgan fingerprint density at radius 1 is 1.35 bits per heavy atom. The monoisotopic (exact) mass is 341 g/mol. The molecule has 108 valence electrons. The molecule has 1 fully saturated rings. The maximum atomic E-state index is 12.1. The second-order valence-electron chi connectivity index (χ2n) is 4.74. The van der Waals surface area contributed by atoms with E-state index in [0.29, 0.717) is 4.47 Å². The lowest BCUT2D eigenvalue weighted by Gasteiger charge is -2.21. The van der Waals surface area contributed by atoms with Crippen molar-refractivity contribution in [2.75, 3.05) is 13.1 Å². The molecule has 6 heteroatoms. The summed E-state index contributed by atoms with van der Waals surface area (Å²) in [5.41, 5.74) is 0.0421. The van der Waals surface area contributed by atoms with Crippen molar-refractivity contribution in [3.05, 3.63) is 28.2 Å². The third kappa shape index (κ3) is 3.30. The van der Waals surface area contributed by atoms with E-state index in [2.05, 4.69) is 15.9 Å². The van der Waals surface area contributed by atoms with Crippen LogP contribution in [-0.2, 0) is 4.79 Å². The smallest absolute Gasteiger partial charge is 0.339 e. The second-order valence-corrected chi connectivity index (χ2v) is 5.65. The number of hydrogen-bond acceptors (Lipinski definition) is 3. The summed E-state index contributed by atoms with van der Waals surface area (Å²) >= 11 is 3.22. The molecule has 0 bridgehead atoms. The van der Waals surface area contributed by atoms with Crippen LogP contribution in [-0.4, -0.2) is 41.1 Å². The van der Waals surface area contributed by atoms with Gasteiger partial charge in [0.1, 0.15) is 11.3 Å². The van der Waals surface area contributed by atoms with Gasteiger partial charge in [0.05, 0.1) is 0 Å². The third-order valence-electron chi connectivity index (χ3n) is 3.24. The molecule has 1 heterocycles. The molecule has 2 rings (SSSR count). The summed E-state index contributed by atoms with van der Waals surface area (Å²) in [5.74, 6) is -0.968. The minimum atomic E-state index is -1.08. The average Bonchev–Trinajstić information content (AvgIpc) is 2.93. The summed E-state index contributed by atoms with van der Waals surface area (Å²) in [4.78, 5) is 25.1. The van der Waals surface area contributed by atoms with Crippen LogP contribution < -0.4 is 4.74 Å². The molecular weight excluding hydrogens is 326 g/mol. The Hall–Kier alpha value is -1.56. The van der Waals surface area contributed by atoms with E-state index in [1.165, 1.54) is 6.07 Å². The first-order chi connectivity index (χ1) is 9.49. The Kier molecular flexibility index (Phi) is 4.65. The molecule has 0 spiro atoms. The Balaban J connectivity index is 2.12. The molecule has 1 atom stereocenters. The number of rotatable bonds is 4. The van der Waals surface area contributed by atoms with E-state index >= 15 is 0 Å². The molecule has 5 nitrogen and oxygen atoms in total. The van der Waals surface area contributed by atoms with Gasteiger partial charge in [-0.05, 0) is 38.0 Å². The van der Waals surface area contributed by atoms with Gasteiger partial charge in [0.2, 0.25) is 0 Å². The van der Waals surface area contributed by atoms with Gasteiger partial charge < -0.3 is 14.7 Å². The molecule has 20 heavy (non-hydrogen) atoms. The fourth-order valence-electron chi connectivity index (χ4n) is 2.21. The third-order valence-corrected chi connectivity index (χ3v) is 3.73. The summed E-state index contributed by atoms with van der Waals surface area (Å²) in [6.07, 6.45) is 1.33. The quantitative estimate of drug-likeness (QED) is 0.913. The molecule has 1 saturated heterocycles. The van der Waals surface area contributed by atoms with E-state index < -0.39 is 12.1 Å². The minimum Gasteiger partial charge on any atom is -0.480 e. The summed E-state index contributed by atoms with van der Waals surface area (Å²) in [6, 6.07) is 4.71. The number of carbonyl (C=O) groups excluding carboxylic acids is 1. The first-order valence-electron chi connectivity index (χ1n) is 6.47. The number of amides is 1. The largest absolute Gasteiger partial charge is 0.480 e. The maximum Gasteiger partial charge on any atom is 0.339 e. The molecule has 0 aliphatic carbocycles. The first-order valence-corrected chi connectivity index (χ1v) is 7.26. The highest BCUT2D eigenvalue weighted by molar-refractivity contribution is 9.10. The zero-order valence-corrected chi connectivity index (χ0v) is 12.7. The predicted octanol–water partition coefficient (Wildman–Crippen LogP) is 2.54. The average molecular weight is 342 g/mol. The van der Waals surface area contributed by atoms with Crippen molar-refractivity contribution in [2.24, 2.45) is 0 Å². The summed E-state index contributed by atoms with van der Waals surface area (Å²) in [5, 5.41) is 9.16. The zero-order chi connectivity index (χ0) is 14.7. The predicted molar refractivity (Wildman–Crippen MR) is 77.0 cm³/mol. The second kappa shape index (κ2) is 6.26. The first kappa shape index (κ1) is 14.8. The molecular formula is C14H16BrNO4. The van der Waals surface area contributed by atoms with Gasteiger partial charge in [0.15, 0.2) is 6.10 Å². The number of nitrogens with zero attached hydrogens (tertiary/aromatic N) is 1. The number of hydrogen-bond donors (Lipinski definition) is 1. The van der Waals surface area contributed by atoms with E-state index in [-0.39, 0.29) is 17.2 Å². The van der Waals surface area contributed by atoms with Gasteiger partial charge in [-0.3, -0.25) is 4.79 Å². The fourth-order valence-corrected chi connectivity index (χ4v) is 2.57. The molecule has 1 aliphatic heterocycles. The van der Waals surface area contributed by atoms with Crippen molar-refractivity contribution in [2.45, 2.75) is 25.9 Å². The molecule has 0 aromatic heterocycles. The van der Waals surface area contributed by atoms with Crippen molar-refractivity contribution >= 4 is 27.8 Å². The van der Waals surface area contributed by atoms with Crippen molar-refractivity contribution < 1.29 is 19.4 Å². The van der Waals surface area contributed by atoms with E-state index in [4.69, 9.17) is 9.84 Å². The van der Waals surface area contributed by atoms with Crippen LogP contribution >= 0.6 is 15.9 Å². The van der Waals surface area contributed by atoms with E-state index in [1.807, 2.05) is 0 Å². The van der Waals surface area contributed by atoms with Crippen LogP contribution in [0.2, 0.25) is 0 Å². The normalized spacial score (nSPS) is 16.0. The van der Waals surface area contributed by atoms with Crippen LogP contribution in [0.1, 0.15) is 30.1 Å². The number of carboxylic acid groups (broad SMARTS) is 1. The van der Waals surface area contributed by atoms with Gasteiger partial charge in [0, 0.05) is 17.6 Å². The van der Waals surface area contributed by atoms with Crippen LogP contribution in [0.15, 0.2) is 22.7 Å². The van der Waals surface area contributed by atoms with Gasteiger partial charge >= 0.3 is 5.97 Å². The number of halogens is 1. The Morgan fingerprint density at radius 2 is 2.00 bits per heavy atom. The number of carboxylic acids is 1. The van der Waals surface area contributed by atoms with Crippen molar-refractivity contribution in [3.8, 4) is 5.75 Å². The minimum absolute atomic E-state index is 0.0421. The van der Waals surface area contributed by atoms with Crippen LogP contribution in [0.3, 0.4) is 0 Å². The molecule has 1 N–H and O–H groups in total. The number of benzene rings is 1. The van der Waals surface area contributed by atoms with Gasteiger partial charge in [-0.15, -0.1) is 0 Å². The zero-order valence-electron chi connectivity index (χ0n) is 11.1. The topological polar surface area (TPSA) is 66.8 Å². The molecule has 1 amide bonds. The van der Waals surface area contributed by atoms with E-state index in [9.17, 15) is 9.59 Å². The summed E-state index contributed by atoms with van der Waals surface area (Å²) in [6.45, 7) is 3.14. The highest BCUT2D eigenvalue weighted by Gasteiger charge is 2.25. The lowest BCUT2D eigenvalue weighted by atomic mass is 10.2. The SMILES string of the molecule is CC(Oc1ccc(Br)cc1C(=O)O)C(=O)N1CCCC1. The molecule has 1 aromatic rings. The fraction of sp³-hybridized carbons (Fsp3) is 0.429. The lowest BCUT2D eigenvalue weighted by Crippen LogP contribution is -2.38. The lowest BCUT2D eigenvalue weighted by molar-refractivity contribution is -0.136. The van der Waals surface area contributed by atoms with Crippen LogP contribution in [0.25, 0.3) is 0 Å². The summed E-state index contributed by atoms with van der Waals surface area (Å²) < 4.78 is 6.20. The molecule has 1 aliphatic rings. The van der Waals surface area contributed by atoms with Gasteiger partial charge in [-0.1, -0.05) is 15.9 Å². The number of aromatic carboxylic acids is 1. The number of ether oxygens (including phenoxy) is 1. The number of carbonyl (C=O) groups is 2. The molecule has 0 saturated carbocycles. The standard InChI is InChI=1S/C14H16BrNO4/c1-9(13(17)16-6-2-3-7-16)20-12-5-4-10(15)8-11(12)14(18)19/h4-5,8-9H,2-3,6-7H2,1H3,(H,18,19). The molecule has 1 unspecified atom stereocenters. The van der Waals surface area contributed by atoms with E-state index in [1.54, 1.807) is 24.0 Å². The van der Waals surface area contributed by atoms with Crippen LogP contribution in [0.4, 0.5) is 0 Å². The van der Waals surface area contributed by atoms with Gasteiger partial charge in [-0.25, -0.2) is 4.79 Å². The van der Waals surface area contributed by atoms with Crippen molar-refractivity contribution in [1.29, 1.82) is 0 Å². The Morgan fingerprint density at radius 3 is 2.60 bits per heavy atom. The van der Waals surface area contributed by atoms with Crippen LogP contribution in [0.5, 0.6) is 5.75 Å². The highest BCUT2D eigenvalue weighted by Crippen LogP contribution is 2.25. The van der Waals surface area contributed by atoms with Crippen LogP contribution in [0, 0.1) is 0 Å². The Labute approximate surface area is 125 Å². The Bertz CT molecular complexity index is 526. The molecule has 1 aromatic carbocycles.